The number of carbonyl (C=O) groups excluding carboxylic acids is 2. The lowest BCUT2D eigenvalue weighted by Gasteiger charge is -2.15. The lowest BCUT2D eigenvalue weighted by Crippen LogP contribution is -2.39. The fraction of sp³-hybridized carbons (Fsp3) is 0.167. The number of aromatic nitrogens is 4. The lowest BCUT2D eigenvalue weighted by atomic mass is 10.1. The number of amides is 2. The minimum atomic E-state index is -0.786. The van der Waals surface area contributed by atoms with Gasteiger partial charge < -0.3 is 25.7 Å². The SMILES string of the molecule is C=C(C)C(=O)NC(C)OC(=O)NCc1ccc(Cn2c(-c3ccncc3)nc3c(N)nc4ccccc4c32)cc1. The molecule has 1 atom stereocenters. The molecule has 3 aromatic heterocycles. The van der Waals surface area contributed by atoms with Gasteiger partial charge in [-0.2, -0.15) is 0 Å². The van der Waals surface area contributed by atoms with Crippen molar-refractivity contribution in [2.75, 3.05) is 5.73 Å². The molecule has 40 heavy (non-hydrogen) atoms. The van der Waals surface area contributed by atoms with Crippen LogP contribution in [0, 0.1) is 0 Å². The molecule has 0 aliphatic rings. The maximum absolute atomic E-state index is 12.2. The second-order valence-electron chi connectivity index (χ2n) is 9.44. The van der Waals surface area contributed by atoms with Crippen LogP contribution in [0.1, 0.15) is 25.0 Å². The van der Waals surface area contributed by atoms with Crippen LogP contribution in [0.4, 0.5) is 10.6 Å². The van der Waals surface area contributed by atoms with E-state index in [4.69, 9.17) is 15.5 Å². The van der Waals surface area contributed by atoms with E-state index in [1.54, 1.807) is 26.2 Å². The first kappa shape index (κ1) is 26.4. The first-order valence-corrected chi connectivity index (χ1v) is 12.7. The number of para-hydroxylation sites is 1. The number of hydrogen-bond donors (Lipinski definition) is 3. The van der Waals surface area contributed by atoms with Crippen LogP contribution in [0.5, 0.6) is 0 Å². The summed E-state index contributed by atoms with van der Waals surface area (Å²) in [6.45, 7) is 7.52. The molecule has 0 spiro atoms. The quantitative estimate of drug-likeness (QED) is 0.196. The van der Waals surface area contributed by atoms with Gasteiger partial charge in [-0.05, 0) is 43.2 Å². The summed E-state index contributed by atoms with van der Waals surface area (Å²) >= 11 is 0. The molecule has 1 unspecified atom stereocenters. The molecule has 2 aromatic carbocycles. The molecule has 202 valence electrons. The van der Waals surface area contributed by atoms with E-state index in [1.165, 1.54) is 0 Å². The van der Waals surface area contributed by atoms with E-state index in [0.717, 1.165) is 38.9 Å². The topological polar surface area (TPSA) is 137 Å². The maximum atomic E-state index is 12.2. The van der Waals surface area contributed by atoms with Crippen LogP contribution in [0.3, 0.4) is 0 Å². The number of hydrogen-bond acceptors (Lipinski definition) is 7. The number of nitrogen functional groups attached to an aromatic ring is 1. The Kier molecular flexibility index (Phi) is 7.41. The van der Waals surface area contributed by atoms with Crippen molar-refractivity contribution in [3.8, 4) is 11.4 Å². The van der Waals surface area contributed by atoms with Gasteiger partial charge in [-0.3, -0.25) is 9.78 Å². The molecule has 0 radical (unpaired) electrons. The predicted molar refractivity (Wildman–Crippen MR) is 154 cm³/mol. The monoisotopic (exact) mass is 535 g/mol. The van der Waals surface area contributed by atoms with Crippen molar-refractivity contribution in [3.05, 3.63) is 96.3 Å². The Bertz CT molecular complexity index is 1710. The molecule has 0 fully saturated rings. The van der Waals surface area contributed by atoms with Crippen molar-refractivity contribution in [1.82, 2.24) is 30.2 Å². The minimum Gasteiger partial charge on any atom is -0.426 e. The summed E-state index contributed by atoms with van der Waals surface area (Å²) in [5.41, 5.74) is 11.9. The molecule has 0 saturated heterocycles. The van der Waals surface area contributed by atoms with E-state index in [9.17, 15) is 9.59 Å². The lowest BCUT2D eigenvalue weighted by molar-refractivity contribution is -0.120. The molecule has 0 aliphatic heterocycles. The Balaban J connectivity index is 1.37. The van der Waals surface area contributed by atoms with Gasteiger partial charge in [0.1, 0.15) is 11.3 Å². The van der Waals surface area contributed by atoms with Gasteiger partial charge in [-0.1, -0.05) is 49.0 Å². The molecule has 0 saturated carbocycles. The molecule has 10 nitrogen and oxygen atoms in total. The van der Waals surface area contributed by atoms with Crippen LogP contribution in [0.25, 0.3) is 33.3 Å². The van der Waals surface area contributed by atoms with Crippen molar-refractivity contribution >= 4 is 39.8 Å². The van der Waals surface area contributed by atoms with Crippen molar-refractivity contribution in [1.29, 1.82) is 0 Å². The average Bonchev–Trinajstić information content (AvgIpc) is 3.33. The van der Waals surface area contributed by atoms with Gasteiger partial charge in [-0.15, -0.1) is 0 Å². The van der Waals surface area contributed by atoms with Crippen molar-refractivity contribution in [3.63, 3.8) is 0 Å². The smallest absolute Gasteiger partial charge is 0.409 e. The highest BCUT2D eigenvalue weighted by atomic mass is 16.6. The molecule has 10 heteroatoms. The fourth-order valence-electron chi connectivity index (χ4n) is 4.39. The third-order valence-corrected chi connectivity index (χ3v) is 6.36. The van der Waals surface area contributed by atoms with Crippen LogP contribution in [0.2, 0.25) is 0 Å². The highest BCUT2D eigenvalue weighted by Crippen LogP contribution is 2.33. The molecule has 4 N–H and O–H groups in total. The number of imidazole rings is 1. The van der Waals surface area contributed by atoms with Crippen molar-refractivity contribution in [2.45, 2.75) is 33.2 Å². The first-order chi connectivity index (χ1) is 19.3. The average molecular weight is 536 g/mol. The number of alkyl carbamates (subject to hydrolysis) is 1. The zero-order chi connectivity index (χ0) is 28.2. The van der Waals surface area contributed by atoms with Gasteiger partial charge >= 0.3 is 6.09 Å². The van der Waals surface area contributed by atoms with Gasteiger partial charge in [-0.25, -0.2) is 14.8 Å². The number of benzene rings is 2. The number of nitrogens with one attached hydrogen (secondary N) is 2. The molecule has 0 bridgehead atoms. The third-order valence-electron chi connectivity index (χ3n) is 6.36. The molecule has 2 amide bonds. The van der Waals surface area contributed by atoms with E-state index in [1.807, 2.05) is 60.7 Å². The van der Waals surface area contributed by atoms with Crippen LogP contribution in [-0.2, 0) is 22.6 Å². The van der Waals surface area contributed by atoms with Gasteiger partial charge in [0.05, 0.1) is 11.0 Å². The van der Waals surface area contributed by atoms with E-state index < -0.39 is 12.3 Å². The number of anilines is 1. The van der Waals surface area contributed by atoms with Gasteiger partial charge in [0.2, 0.25) is 5.91 Å². The number of ether oxygens (including phenoxy) is 1. The van der Waals surface area contributed by atoms with E-state index in [0.29, 0.717) is 23.5 Å². The summed E-state index contributed by atoms with van der Waals surface area (Å²) in [7, 11) is 0. The molecule has 5 aromatic rings. The largest absolute Gasteiger partial charge is 0.426 e. The second-order valence-corrected chi connectivity index (χ2v) is 9.44. The number of fused-ring (bicyclic) bond motifs is 3. The minimum absolute atomic E-state index is 0.267. The standard InChI is InChI=1S/C30H29N7O3/c1-18(2)29(38)34-19(3)40-30(39)33-16-20-8-10-21(11-9-20)17-37-26-23-6-4-5-7-24(23)35-27(31)25(26)36-28(37)22-12-14-32-15-13-22/h4-15,19H,1,16-17H2,2-3H3,(H2,31,35)(H,33,39)(H,34,38). The first-order valence-electron chi connectivity index (χ1n) is 12.7. The second kappa shape index (κ2) is 11.2. The van der Waals surface area contributed by atoms with E-state index in [2.05, 4.69) is 31.7 Å². The number of pyridine rings is 2. The van der Waals surface area contributed by atoms with E-state index >= 15 is 0 Å². The Morgan fingerprint density at radius 1 is 1.02 bits per heavy atom. The van der Waals surface area contributed by atoms with Crippen molar-refractivity contribution < 1.29 is 14.3 Å². The Morgan fingerprint density at radius 3 is 2.45 bits per heavy atom. The Labute approximate surface area is 230 Å². The van der Waals surface area contributed by atoms with Crippen LogP contribution >= 0.6 is 0 Å². The summed E-state index contributed by atoms with van der Waals surface area (Å²) in [4.78, 5) is 37.4. The summed E-state index contributed by atoms with van der Waals surface area (Å²) in [6.07, 6.45) is 2.05. The fourth-order valence-corrected chi connectivity index (χ4v) is 4.39. The molecule has 5 rings (SSSR count). The number of nitrogens with zero attached hydrogens (tertiary/aromatic N) is 4. The number of carbonyl (C=O) groups is 2. The van der Waals surface area contributed by atoms with Gasteiger partial charge in [0.15, 0.2) is 12.0 Å². The van der Waals surface area contributed by atoms with Crippen LogP contribution in [0.15, 0.2) is 85.2 Å². The molecular weight excluding hydrogens is 506 g/mol. The highest BCUT2D eigenvalue weighted by Gasteiger charge is 2.19. The third kappa shape index (κ3) is 5.60. The highest BCUT2D eigenvalue weighted by molar-refractivity contribution is 6.07. The predicted octanol–water partition coefficient (Wildman–Crippen LogP) is 4.54. The zero-order valence-electron chi connectivity index (χ0n) is 22.2. The molecular formula is C30H29N7O3. The van der Waals surface area contributed by atoms with Crippen LogP contribution < -0.4 is 16.4 Å². The van der Waals surface area contributed by atoms with Crippen molar-refractivity contribution in [2.24, 2.45) is 0 Å². The summed E-state index contributed by atoms with van der Waals surface area (Å²) < 4.78 is 7.32. The van der Waals surface area contributed by atoms with Gasteiger partial charge in [0.25, 0.3) is 0 Å². The Morgan fingerprint density at radius 2 is 1.73 bits per heavy atom. The summed E-state index contributed by atoms with van der Waals surface area (Å²) in [6, 6.07) is 19.6. The molecule has 0 aliphatic carbocycles. The summed E-state index contributed by atoms with van der Waals surface area (Å²) in [5, 5.41) is 6.20. The van der Waals surface area contributed by atoms with Gasteiger partial charge in [0, 0.05) is 42.0 Å². The molecule has 3 heterocycles. The number of nitrogens with two attached hydrogens (primary N) is 1. The van der Waals surface area contributed by atoms with Crippen LogP contribution in [-0.4, -0.2) is 37.7 Å². The number of rotatable bonds is 8. The zero-order valence-corrected chi connectivity index (χ0v) is 22.2. The normalized spacial score (nSPS) is 11.8. The maximum Gasteiger partial charge on any atom is 0.409 e. The van der Waals surface area contributed by atoms with E-state index in [-0.39, 0.29) is 12.5 Å². The summed E-state index contributed by atoms with van der Waals surface area (Å²) in [5.74, 6) is 0.772. The Hall–Kier alpha value is -5.25.